The molecule has 0 bridgehead atoms. The number of carboxylic acid groups (broad SMARTS) is 1. The van der Waals surface area contributed by atoms with E-state index in [0.29, 0.717) is 25.7 Å². The Balaban J connectivity index is 1.31. The fourth-order valence-electron chi connectivity index (χ4n) is 4.21. The third-order valence-electron chi connectivity index (χ3n) is 6.10. The predicted octanol–water partition coefficient (Wildman–Crippen LogP) is 3.44. The number of benzene rings is 2. The van der Waals surface area contributed by atoms with Crippen LogP contribution >= 0.6 is 0 Å². The number of carboxylic acids is 1. The van der Waals surface area contributed by atoms with Gasteiger partial charge in [-0.2, -0.15) is 0 Å². The molecule has 8 nitrogen and oxygen atoms in total. The average Bonchev–Trinajstić information content (AvgIpc) is 3.61. The number of carbonyl (C=O) groups excluding carboxylic acids is 2. The summed E-state index contributed by atoms with van der Waals surface area (Å²) in [4.78, 5) is 36.2. The molecular weight excluding hydrogens is 436 g/mol. The monoisotopic (exact) mass is 466 g/mol. The van der Waals surface area contributed by atoms with Crippen LogP contribution in [0.15, 0.2) is 48.5 Å². The summed E-state index contributed by atoms with van der Waals surface area (Å²) in [6.45, 7) is 1.07. The molecule has 1 unspecified atom stereocenters. The Labute approximate surface area is 198 Å². The number of amides is 2. The second kappa shape index (κ2) is 11.2. The van der Waals surface area contributed by atoms with Gasteiger partial charge >= 0.3 is 12.1 Å². The summed E-state index contributed by atoms with van der Waals surface area (Å²) in [6.07, 6.45) is 2.18. The van der Waals surface area contributed by atoms with Crippen LogP contribution in [-0.4, -0.2) is 55.0 Å². The summed E-state index contributed by atoms with van der Waals surface area (Å²) in [5, 5.41) is 14.3. The van der Waals surface area contributed by atoms with Gasteiger partial charge in [0.15, 0.2) is 0 Å². The maximum Gasteiger partial charge on any atom is 0.407 e. The van der Waals surface area contributed by atoms with Crippen molar-refractivity contribution in [3.63, 3.8) is 0 Å². The number of aliphatic carboxylic acids is 1. The van der Waals surface area contributed by atoms with Gasteiger partial charge in [0.1, 0.15) is 12.6 Å². The minimum Gasteiger partial charge on any atom is -0.481 e. The molecule has 0 heterocycles. The summed E-state index contributed by atoms with van der Waals surface area (Å²) < 4.78 is 11.1. The van der Waals surface area contributed by atoms with Crippen LogP contribution in [0.2, 0.25) is 0 Å². The number of ether oxygens (including phenoxy) is 2. The van der Waals surface area contributed by atoms with Gasteiger partial charge in [-0.05, 0) is 47.9 Å². The van der Waals surface area contributed by atoms with Gasteiger partial charge in [0.05, 0.1) is 6.10 Å². The minimum atomic E-state index is -1.04. The van der Waals surface area contributed by atoms with Gasteiger partial charge in [0.2, 0.25) is 5.91 Å². The van der Waals surface area contributed by atoms with Gasteiger partial charge in [-0.3, -0.25) is 9.59 Å². The molecule has 34 heavy (non-hydrogen) atoms. The van der Waals surface area contributed by atoms with Crippen LogP contribution < -0.4 is 10.6 Å². The summed E-state index contributed by atoms with van der Waals surface area (Å²) in [5.74, 6) is -1.57. The predicted molar refractivity (Wildman–Crippen MR) is 125 cm³/mol. The summed E-state index contributed by atoms with van der Waals surface area (Å²) in [7, 11) is 0. The largest absolute Gasteiger partial charge is 0.481 e. The average molecular weight is 467 g/mol. The van der Waals surface area contributed by atoms with Crippen LogP contribution in [0.1, 0.15) is 49.1 Å². The van der Waals surface area contributed by atoms with E-state index in [9.17, 15) is 14.4 Å². The molecule has 2 aromatic carbocycles. The number of carbonyl (C=O) groups is 3. The van der Waals surface area contributed by atoms with Gasteiger partial charge in [0, 0.05) is 25.5 Å². The number of hydrogen-bond acceptors (Lipinski definition) is 5. The summed E-state index contributed by atoms with van der Waals surface area (Å²) in [5.41, 5.74) is 4.42. The van der Waals surface area contributed by atoms with Crippen molar-refractivity contribution < 1.29 is 29.0 Å². The molecule has 0 aromatic heterocycles. The first kappa shape index (κ1) is 23.8. The summed E-state index contributed by atoms with van der Waals surface area (Å²) in [6, 6.07) is 15.0. The van der Waals surface area contributed by atoms with E-state index in [2.05, 4.69) is 22.8 Å². The van der Waals surface area contributed by atoms with E-state index in [1.807, 2.05) is 36.4 Å². The summed E-state index contributed by atoms with van der Waals surface area (Å²) >= 11 is 0. The lowest BCUT2D eigenvalue weighted by Crippen LogP contribution is -2.47. The Kier molecular flexibility index (Phi) is 7.80. The third-order valence-corrected chi connectivity index (χ3v) is 6.10. The van der Waals surface area contributed by atoms with Gasteiger partial charge in [-0.25, -0.2) is 4.79 Å². The molecule has 3 N–H and O–H groups in total. The van der Waals surface area contributed by atoms with E-state index < -0.39 is 24.0 Å². The molecule has 0 spiro atoms. The van der Waals surface area contributed by atoms with Gasteiger partial charge < -0.3 is 25.2 Å². The van der Waals surface area contributed by atoms with Crippen molar-refractivity contribution in [2.45, 2.75) is 50.2 Å². The van der Waals surface area contributed by atoms with Crippen LogP contribution in [0.4, 0.5) is 4.79 Å². The number of alkyl carbamates (subject to hydrolysis) is 1. The number of fused-ring (bicyclic) bond motifs is 3. The zero-order valence-corrected chi connectivity index (χ0v) is 19.0. The molecule has 8 heteroatoms. The zero-order chi connectivity index (χ0) is 23.9. The lowest BCUT2D eigenvalue weighted by atomic mass is 9.98. The van der Waals surface area contributed by atoms with Crippen LogP contribution in [0.3, 0.4) is 0 Å². The van der Waals surface area contributed by atoms with Gasteiger partial charge in [-0.15, -0.1) is 0 Å². The Bertz CT molecular complexity index is 990. The Morgan fingerprint density at radius 3 is 2.26 bits per heavy atom. The van der Waals surface area contributed by atoms with E-state index in [-0.39, 0.29) is 25.4 Å². The topological polar surface area (TPSA) is 114 Å². The molecule has 2 amide bonds. The van der Waals surface area contributed by atoms with Crippen LogP contribution in [0.25, 0.3) is 11.1 Å². The van der Waals surface area contributed by atoms with Crippen molar-refractivity contribution in [1.29, 1.82) is 0 Å². The first-order valence-corrected chi connectivity index (χ1v) is 11.8. The molecule has 2 aliphatic carbocycles. The molecule has 1 atom stereocenters. The molecule has 2 aliphatic rings. The Hall–Kier alpha value is -3.39. The first-order valence-electron chi connectivity index (χ1n) is 11.8. The lowest BCUT2D eigenvalue weighted by molar-refractivity contribution is -0.137. The smallest absolute Gasteiger partial charge is 0.407 e. The number of rotatable bonds is 12. The highest BCUT2D eigenvalue weighted by Crippen LogP contribution is 2.44. The van der Waals surface area contributed by atoms with Crippen molar-refractivity contribution in [3.8, 4) is 11.1 Å². The van der Waals surface area contributed by atoms with E-state index in [1.54, 1.807) is 0 Å². The quantitative estimate of drug-likeness (QED) is 0.413. The molecule has 180 valence electrons. The number of hydrogen-bond donors (Lipinski definition) is 3. The van der Waals surface area contributed by atoms with Crippen LogP contribution in [0, 0.1) is 0 Å². The SMILES string of the molecule is O=C(O)CCC(NC(=O)OCC1c2ccccc2-c2ccccc21)C(=O)NCCCOC1CC1. The van der Waals surface area contributed by atoms with Crippen LogP contribution in [-0.2, 0) is 19.1 Å². The van der Waals surface area contributed by atoms with Crippen molar-refractivity contribution in [2.24, 2.45) is 0 Å². The highest BCUT2D eigenvalue weighted by molar-refractivity contribution is 5.86. The van der Waals surface area contributed by atoms with Crippen molar-refractivity contribution in [3.05, 3.63) is 59.7 Å². The zero-order valence-electron chi connectivity index (χ0n) is 19.0. The molecule has 0 aliphatic heterocycles. The highest BCUT2D eigenvalue weighted by atomic mass is 16.5. The normalized spacial score (nSPS) is 15.2. The minimum absolute atomic E-state index is 0.0239. The van der Waals surface area contributed by atoms with Gasteiger partial charge in [0.25, 0.3) is 0 Å². The Morgan fingerprint density at radius 2 is 1.65 bits per heavy atom. The molecule has 4 rings (SSSR count). The second-order valence-corrected chi connectivity index (χ2v) is 8.67. The fourth-order valence-corrected chi connectivity index (χ4v) is 4.21. The lowest BCUT2D eigenvalue weighted by Gasteiger charge is -2.19. The third kappa shape index (κ3) is 6.14. The molecule has 1 saturated carbocycles. The van der Waals surface area contributed by atoms with Gasteiger partial charge in [-0.1, -0.05) is 48.5 Å². The van der Waals surface area contributed by atoms with Crippen molar-refractivity contribution in [2.75, 3.05) is 19.8 Å². The second-order valence-electron chi connectivity index (χ2n) is 8.67. The van der Waals surface area contributed by atoms with E-state index in [1.165, 1.54) is 0 Å². The van der Waals surface area contributed by atoms with Crippen LogP contribution in [0.5, 0.6) is 0 Å². The molecule has 0 radical (unpaired) electrons. The van der Waals surface area contributed by atoms with E-state index >= 15 is 0 Å². The maximum absolute atomic E-state index is 12.6. The Morgan fingerprint density at radius 1 is 1.00 bits per heavy atom. The molecular formula is C26H30N2O6. The first-order chi connectivity index (χ1) is 16.5. The fraction of sp³-hybridized carbons (Fsp3) is 0.423. The van der Waals surface area contributed by atoms with Crippen molar-refractivity contribution in [1.82, 2.24) is 10.6 Å². The van der Waals surface area contributed by atoms with Crippen molar-refractivity contribution >= 4 is 18.0 Å². The molecule has 1 fully saturated rings. The highest BCUT2D eigenvalue weighted by Gasteiger charge is 2.30. The van der Waals surface area contributed by atoms with E-state index in [0.717, 1.165) is 35.1 Å². The number of nitrogens with one attached hydrogen (secondary N) is 2. The maximum atomic E-state index is 12.6. The standard InChI is InChI=1S/C26H30N2O6/c29-24(30)13-12-23(25(31)27-14-5-15-33-17-10-11-17)28-26(32)34-16-22-20-8-3-1-6-18(20)19-7-2-4-9-21(19)22/h1-4,6-9,17,22-23H,5,10-16H2,(H,27,31)(H,28,32)(H,29,30). The molecule has 0 saturated heterocycles. The van der Waals surface area contributed by atoms with E-state index in [4.69, 9.17) is 14.6 Å². The molecule has 2 aromatic rings.